The van der Waals surface area contributed by atoms with Crippen LogP contribution in [0.25, 0.3) is 72.0 Å². The summed E-state index contributed by atoms with van der Waals surface area (Å²) in [5.41, 5.74) is 11.6. The lowest BCUT2D eigenvalue weighted by molar-refractivity contribution is 0.594. The zero-order valence-corrected chi connectivity index (χ0v) is 26.3. The van der Waals surface area contributed by atoms with Crippen LogP contribution in [0.15, 0.2) is 133 Å². The molecule has 10 rings (SSSR count). The van der Waals surface area contributed by atoms with Gasteiger partial charge in [-0.1, -0.05) is 98.8 Å². The Hall–Kier alpha value is -5.67. The number of rotatable bonds is 2. The van der Waals surface area contributed by atoms with Gasteiger partial charge in [-0.2, -0.15) is 0 Å². The predicted molar refractivity (Wildman–Crippen MR) is 196 cm³/mol. The summed E-state index contributed by atoms with van der Waals surface area (Å²) in [5, 5.41) is 7.70. The Morgan fingerprint density at radius 1 is 0.596 bits per heavy atom. The Morgan fingerprint density at radius 3 is 2.19 bits per heavy atom. The molecule has 2 aromatic heterocycles. The molecule has 1 aliphatic heterocycles. The number of dihydropyridines is 1. The molecule has 3 heteroatoms. The fourth-order valence-corrected chi connectivity index (χ4v) is 8.21. The maximum absolute atomic E-state index is 5.08. The van der Waals surface area contributed by atoms with Crippen molar-refractivity contribution < 1.29 is 0 Å². The highest BCUT2D eigenvalue weighted by Crippen LogP contribution is 2.51. The monoisotopic (exact) mass is 601 g/mol. The van der Waals surface area contributed by atoms with Crippen LogP contribution in [0.5, 0.6) is 0 Å². The van der Waals surface area contributed by atoms with Crippen LogP contribution in [0.1, 0.15) is 42.3 Å². The molecule has 7 aromatic rings. The van der Waals surface area contributed by atoms with Gasteiger partial charge in [-0.3, -0.25) is 9.98 Å². The molecule has 47 heavy (non-hydrogen) atoms. The second-order valence-electron chi connectivity index (χ2n) is 13.6. The topological polar surface area (TPSA) is 38.1 Å². The van der Waals surface area contributed by atoms with Crippen molar-refractivity contribution in [1.82, 2.24) is 9.97 Å². The normalized spacial score (nSPS) is 18.3. The maximum Gasteiger partial charge on any atom is 0.102 e. The van der Waals surface area contributed by atoms with E-state index in [1.807, 2.05) is 18.5 Å². The highest BCUT2D eigenvalue weighted by molar-refractivity contribution is 6.26. The standard InChI is InChI=1S/C44H31N3/c1-44(2)38-12-6-5-11-33(38)37-23-35-31-10-4-3-9-30(31)34-22-28(15-18-32(34)36(35)24-39(37)44)40-19-17-29(25-46-40)41-20-16-27-14-13-26-8-7-21-45-42(26)43(27)47-41/h3-26,42H,1-2H3. The molecule has 0 amide bonds. The second kappa shape index (κ2) is 9.67. The fourth-order valence-electron chi connectivity index (χ4n) is 8.21. The van der Waals surface area contributed by atoms with Crippen molar-refractivity contribution in [2.75, 3.05) is 0 Å². The van der Waals surface area contributed by atoms with E-state index >= 15 is 0 Å². The summed E-state index contributed by atoms with van der Waals surface area (Å²) in [6.45, 7) is 4.71. The first-order valence-corrected chi connectivity index (χ1v) is 16.4. The van der Waals surface area contributed by atoms with Crippen LogP contribution in [0, 0.1) is 5.92 Å². The van der Waals surface area contributed by atoms with Crippen LogP contribution in [0.4, 0.5) is 0 Å². The molecule has 0 saturated heterocycles. The average molecular weight is 602 g/mol. The van der Waals surface area contributed by atoms with Gasteiger partial charge in [0.05, 0.1) is 17.1 Å². The lowest BCUT2D eigenvalue weighted by atomic mass is 9.81. The van der Waals surface area contributed by atoms with Gasteiger partial charge in [0.25, 0.3) is 0 Å². The van der Waals surface area contributed by atoms with Crippen molar-refractivity contribution in [3.63, 3.8) is 0 Å². The van der Waals surface area contributed by atoms with Crippen LogP contribution in [0.3, 0.4) is 0 Å². The Balaban J connectivity index is 1.08. The summed E-state index contributed by atoms with van der Waals surface area (Å²) in [7, 11) is 0. The minimum atomic E-state index is -0.0460. The van der Waals surface area contributed by atoms with E-state index in [9.17, 15) is 0 Å². The van der Waals surface area contributed by atoms with Crippen LogP contribution in [-0.4, -0.2) is 16.2 Å². The summed E-state index contributed by atoms with van der Waals surface area (Å²) < 4.78 is 0. The van der Waals surface area contributed by atoms with Gasteiger partial charge in [0.2, 0.25) is 0 Å². The third-order valence-electron chi connectivity index (χ3n) is 10.7. The largest absolute Gasteiger partial charge is 0.282 e. The molecule has 0 saturated carbocycles. The van der Waals surface area contributed by atoms with Gasteiger partial charge < -0.3 is 0 Å². The highest BCUT2D eigenvalue weighted by Gasteiger charge is 2.35. The second-order valence-corrected chi connectivity index (χ2v) is 13.6. The highest BCUT2D eigenvalue weighted by atomic mass is 14.9. The number of hydrogen-bond donors (Lipinski definition) is 0. The first-order valence-electron chi connectivity index (χ1n) is 16.4. The Labute approximate surface area is 273 Å². The number of pyridine rings is 2. The first kappa shape index (κ1) is 26.5. The van der Waals surface area contributed by atoms with Crippen molar-refractivity contribution in [2.45, 2.75) is 25.3 Å². The van der Waals surface area contributed by atoms with E-state index in [0.29, 0.717) is 0 Å². The molecule has 0 radical (unpaired) electrons. The van der Waals surface area contributed by atoms with Crippen LogP contribution >= 0.6 is 0 Å². The Bertz CT molecular complexity index is 2550. The van der Waals surface area contributed by atoms with Crippen LogP contribution in [-0.2, 0) is 5.41 Å². The smallest absolute Gasteiger partial charge is 0.102 e. The molecule has 3 aliphatic rings. The summed E-state index contributed by atoms with van der Waals surface area (Å²) >= 11 is 0. The van der Waals surface area contributed by atoms with E-state index in [0.717, 1.165) is 33.8 Å². The van der Waals surface area contributed by atoms with Gasteiger partial charge in [-0.15, -0.1) is 0 Å². The molecule has 0 spiro atoms. The maximum atomic E-state index is 5.08. The first-order chi connectivity index (χ1) is 23.0. The molecule has 2 aliphatic carbocycles. The third kappa shape index (κ3) is 3.83. The molecule has 222 valence electrons. The van der Waals surface area contributed by atoms with Gasteiger partial charge in [0, 0.05) is 34.9 Å². The number of benzene rings is 5. The van der Waals surface area contributed by atoms with E-state index in [1.165, 1.54) is 54.6 Å². The summed E-state index contributed by atoms with van der Waals surface area (Å²) in [6.07, 6.45) is 12.4. The lowest BCUT2D eigenvalue weighted by Gasteiger charge is -2.25. The van der Waals surface area contributed by atoms with Crippen LogP contribution in [0.2, 0.25) is 0 Å². The minimum absolute atomic E-state index is 0.0399. The zero-order chi connectivity index (χ0) is 31.3. The number of nitrogens with zero attached hydrogens (tertiary/aromatic N) is 3. The van der Waals surface area contributed by atoms with E-state index in [2.05, 4.69) is 135 Å². The van der Waals surface area contributed by atoms with Crippen molar-refractivity contribution in [1.29, 1.82) is 0 Å². The molecule has 2 unspecified atom stereocenters. The molecule has 3 heterocycles. The SMILES string of the molecule is CC1(C)c2ccccc2-c2cc3c4ccccc4c4cc(-c5ccc(-c6ccc7c(n6)C6N=CC=CC6C=C7)cn5)ccc4c3cc21. The molecule has 0 N–H and O–H groups in total. The Kier molecular flexibility index (Phi) is 5.46. The van der Waals surface area contributed by atoms with Crippen molar-refractivity contribution >= 4 is 44.6 Å². The van der Waals surface area contributed by atoms with Gasteiger partial charge in [-0.25, -0.2) is 4.98 Å². The minimum Gasteiger partial charge on any atom is -0.282 e. The summed E-state index contributed by atoms with van der Waals surface area (Å²) in [6, 6.07) is 38.0. The van der Waals surface area contributed by atoms with E-state index in [4.69, 9.17) is 15.0 Å². The van der Waals surface area contributed by atoms with Gasteiger partial charge in [0.1, 0.15) is 6.04 Å². The fraction of sp³-hybridized carbons (Fsp3) is 0.114. The Morgan fingerprint density at radius 2 is 1.34 bits per heavy atom. The van der Waals surface area contributed by atoms with Crippen molar-refractivity contribution in [3.05, 3.63) is 150 Å². The number of allylic oxidation sites excluding steroid dienone is 1. The van der Waals surface area contributed by atoms with Gasteiger partial charge >= 0.3 is 0 Å². The molecule has 3 nitrogen and oxygen atoms in total. The zero-order valence-electron chi connectivity index (χ0n) is 26.3. The predicted octanol–water partition coefficient (Wildman–Crippen LogP) is 10.9. The van der Waals surface area contributed by atoms with E-state index in [-0.39, 0.29) is 17.4 Å². The molecular formula is C44H31N3. The van der Waals surface area contributed by atoms with E-state index in [1.54, 1.807) is 0 Å². The number of aliphatic imine (C=N–C) groups is 1. The lowest BCUT2D eigenvalue weighted by Crippen LogP contribution is -2.16. The summed E-state index contributed by atoms with van der Waals surface area (Å²) in [5.74, 6) is 0.264. The van der Waals surface area contributed by atoms with Gasteiger partial charge in [0.15, 0.2) is 0 Å². The van der Waals surface area contributed by atoms with Crippen molar-refractivity contribution in [3.8, 4) is 33.6 Å². The number of hydrogen-bond acceptors (Lipinski definition) is 3. The van der Waals surface area contributed by atoms with E-state index < -0.39 is 0 Å². The summed E-state index contributed by atoms with van der Waals surface area (Å²) in [4.78, 5) is 14.8. The quantitative estimate of drug-likeness (QED) is 0.185. The number of fused-ring (bicyclic) bond motifs is 12. The van der Waals surface area contributed by atoms with Crippen molar-refractivity contribution in [2.24, 2.45) is 10.9 Å². The van der Waals surface area contributed by atoms with Gasteiger partial charge in [-0.05, 0) is 103 Å². The molecule has 0 fully saturated rings. The van der Waals surface area contributed by atoms with Crippen LogP contribution < -0.4 is 0 Å². The third-order valence-corrected chi connectivity index (χ3v) is 10.7. The molecule has 5 aromatic carbocycles. The number of aromatic nitrogens is 2. The molecular weight excluding hydrogens is 571 g/mol. The average Bonchev–Trinajstić information content (AvgIpc) is 3.36. The molecule has 0 bridgehead atoms. The molecule has 2 atom stereocenters.